The van der Waals surface area contributed by atoms with E-state index in [-0.39, 0.29) is 0 Å². The van der Waals surface area contributed by atoms with Gasteiger partial charge in [0.2, 0.25) is 0 Å². The Morgan fingerprint density at radius 3 is 2.10 bits per heavy atom. The molecule has 1 atom stereocenters. The first kappa shape index (κ1) is 18.9. The van der Waals surface area contributed by atoms with Gasteiger partial charge in [0.1, 0.15) is 0 Å². The molecule has 0 bridgehead atoms. The van der Waals surface area contributed by atoms with Crippen molar-refractivity contribution >= 4 is 0 Å². The minimum atomic E-state index is 0.311. The molecule has 0 unspecified atom stereocenters. The summed E-state index contributed by atoms with van der Waals surface area (Å²) >= 11 is 0. The summed E-state index contributed by atoms with van der Waals surface area (Å²) in [5.74, 6) is 0. The molecule has 0 spiro atoms. The Kier molecular flexibility index (Phi) is 13.3. The molecule has 0 radical (unpaired) electrons. The van der Waals surface area contributed by atoms with Crippen molar-refractivity contribution in [3.8, 4) is 0 Å². The lowest BCUT2D eigenvalue weighted by Gasteiger charge is -2.09. The topological polar surface area (TPSA) is 27.7 Å². The molecule has 1 saturated heterocycles. The van der Waals surface area contributed by atoms with Crippen molar-refractivity contribution < 1.29 is 14.2 Å². The van der Waals surface area contributed by atoms with Gasteiger partial charge in [-0.05, 0) is 12.8 Å². The largest absolute Gasteiger partial charge is 0.379 e. The first-order chi connectivity index (χ1) is 10.4. The van der Waals surface area contributed by atoms with Crippen molar-refractivity contribution in [2.24, 2.45) is 0 Å². The van der Waals surface area contributed by atoms with Crippen molar-refractivity contribution in [3.63, 3.8) is 0 Å². The molecule has 0 aromatic rings. The van der Waals surface area contributed by atoms with Crippen molar-refractivity contribution in [1.29, 1.82) is 0 Å². The Balaban J connectivity index is 1.65. The van der Waals surface area contributed by atoms with Crippen LogP contribution in [0.5, 0.6) is 0 Å². The van der Waals surface area contributed by atoms with Gasteiger partial charge in [0.15, 0.2) is 0 Å². The van der Waals surface area contributed by atoms with Gasteiger partial charge in [-0.25, -0.2) is 0 Å². The highest BCUT2D eigenvalue weighted by molar-refractivity contribution is 4.62. The summed E-state index contributed by atoms with van der Waals surface area (Å²) in [5.41, 5.74) is 0. The summed E-state index contributed by atoms with van der Waals surface area (Å²) in [6.07, 6.45) is 15.1. The van der Waals surface area contributed by atoms with E-state index >= 15 is 0 Å². The molecule has 1 aliphatic heterocycles. The Bertz CT molecular complexity index is 203. The van der Waals surface area contributed by atoms with Crippen LogP contribution in [0, 0.1) is 0 Å². The monoisotopic (exact) mass is 300 g/mol. The van der Waals surface area contributed by atoms with Gasteiger partial charge in [-0.15, -0.1) is 0 Å². The van der Waals surface area contributed by atoms with Gasteiger partial charge >= 0.3 is 0 Å². The molecule has 0 saturated carbocycles. The van der Waals surface area contributed by atoms with Crippen LogP contribution >= 0.6 is 0 Å². The smallest absolute Gasteiger partial charge is 0.0831 e. The lowest BCUT2D eigenvalue weighted by molar-refractivity contribution is 0.000480. The maximum absolute atomic E-state index is 5.65. The van der Waals surface area contributed by atoms with Crippen LogP contribution in [0.2, 0.25) is 0 Å². The maximum atomic E-state index is 5.65. The van der Waals surface area contributed by atoms with Gasteiger partial charge in [-0.1, -0.05) is 64.7 Å². The molecule has 21 heavy (non-hydrogen) atoms. The third kappa shape index (κ3) is 12.1. The second-order valence-electron chi connectivity index (χ2n) is 6.15. The first-order valence-corrected chi connectivity index (χ1v) is 9.20. The van der Waals surface area contributed by atoms with E-state index in [1.165, 1.54) is 64.2 Å². The highest BCUT2D eigenvalue weighted by Gasteiger charge is 2.15. The minimum Gasteiger partial charge on any atom is -0.379 e. The Hall–Kier alpha value is -0.120. The van der Waals surface area contributed by atoms with Crippen LogP contribution in [0.3, 0.4) is 0 Å². The van der Waals surface area contributed by atoms with E-state index in [0.717, 1.165) is 32.8 Å². The second-order valence-corrected chi connectivity index (χ2v) is 6.15. The molecule has 0 aromatic heterocycles. The quantitative estimate of drug-likeness (QED) is 0.409. The van der Waals surface area contributed by atoms with Crippen LogP contribution in [0.1, 0.15) is 77.6 Å². The minimum absolute atomic E-state index is 0.311. The molecule has 1 aliphatic rings. The van der Waals surface area contributed by atoms with Crippen LogP contribution < -0.4 is 0 Å². The van der Waals surface area contributed by atoms with Gasteiger partial charge in [0.25, 0.3) is 0 Å². The Morgan fingerprint density at radius 1 is 0.810 bits per heavy atom. The lowest BCUT2D eigenvalue weighted by Crippen LogP contribution is -2.16. The summed E-state index contributed by atoms with van der Waals surface area (Å²) < 4.78 is 16.5. The summed E-state index contributed by atoms with van der Waals surface area (Å²) in [6.45, 7) is 6.22. The zero-order valence-electron chi connectivity index (χ0n) is 14.1. The molecule has 1 fully saturated rings. The van der Waals surface area contributed by atoms with Crippen molar-refractivity contribution in [3.05, 3.63) is 0 Å². The molecule has 1 heterocycles. The molecule has 3 nitrogen and oxygen atoms in total. The van der Waals surface area contributed by atoms with Crippen LogP contribution in [-0.2, 0) is 14.2 Å². The normalized spacial score (nSPS) is 18.4. The molecule has 0 amide bonds. The number of rotatable bonds is 15. The predicted molar refractivity (Wildman–Crippen MR) is 87.8 cm³/mol. The lowest BCUT2D eigenvalue weighted by atomic mass is 10.1. The maximum Gasteiger partial charge on any atom is 0.0831 e. The van der Waals surface area contributed by atoms with E-state index in [4.69, 9.17) is 14.2 Å². The van der Waals surface area contributed by atoms with Gasteiger partial charge in [0.05, 0.1) is 25.9 Å². The number of hydrogen-bond acceptors (Lipinski definition) is 3. The molecule has 126 valence electrons. The van der Waals surface area contributed by atoms with Crippen LogP contribution in [-0.4, -0.2) is 39.1 Å². The molecular weight excluding hydrogens is 264 g/mol. The first-order valence-electron chi connectivity index (χ1n) is 9.20. The fourth-order valence-electron chi connectivity index (χ4n) is 2.71. The average Bonchev–Trinajstić information content (AvgIpc) is 3.01. The number of hydrogen-bond donors (Lipinski definition) is 0. The van der Waals surface area contributed by atoms with Gasteiger partial charge in [-0.3, -0.25) is 0 Å². The fraction of sp³-hybridized carbons (Fsp3) is 1.00. The van der Waals surface area contributed by atoms with E-state index in [9.17, 15) is 0 Å². The van der Waals surface area contributed by atoms with E-state index < -0.39 is 0 Å². The molecule has 0 N–H and O–H groups in total. The molecule has 3 heteroatoms. The van der Waals surface area contributed by atoms with Gasteiger partial charge in [-0.2, -0.15) is 0 Å². The molecule has 1 rings (SSSR count). The summed E-state index contributed by atoms with van der Waals surface area (Å²) in [4.78, 5) is 0. The highest BCUT2D eigenvalue weighted by atomic mass is 16.6. The predicted octanol–water partition coefficient (Wildman–Crippen LogP) is 4.73. The van der Waals surface area contributed by atoms with E-state index in [2.05, 4.69) is 6.92 Å². The Morgan fingerprint density at radius 2 is 1.48 bits per heavy atom. The summed E-state index contributed by atoms with van der Waals surface area (Å²) in [6, 6.07) is 0. The second kappa shape index (κ2) is 14.8. The number of unbranched alkanes of at least 4 members (excludes halogenated alkanes) is 9. The van der Waals surface area contributed by atoms with Gasteiger partial charge < -0.3 is 14.2 Å². The molecule has 0 aliphatic carbocycles. The Labute approximate surface area is 131 Å². The van der Waals surface area contributed by atoms with E-state index in [1.807, 2.05) is 0 Å². The fourth-order valence-corrected chi connectivity index (χ4v) is 2.71. The van der Waals surface area contributed by atoms with Crippen molar-refractivity contribution in [1.82, 2.24) is 0 Å². The highest BCUT2D eigenvalue weighted by Crippen LogP contribution is 2.10. The van der Waals surface area contributed by atoms with Gasteiger partial charge in [0, 0.05) is 13.2 Å². The molecule has 0 aromatic carbocycles. The summed E-state index contributed by atoms with van der Waals surface area (Å²) in [7, 11) is 0. The zero-order chi connectivity index (χ0) is 15.0. The average molecular weight is 300 g/mol. The summed E-state index contributed by atoms with van der Waals surface area (Å²) in [5, 5.41) is 0. The van der Waals surface area contributed by atoms with Crippen LogP contribution in [0.4, 0.5) is 0 Å². The third-order valence-corrected chi connectivity index (χ3v) is 4.11. The standard InChI is InChI=1S/C18H36O3/c1-2-3-4-5-6-7-8-9-10-11-13-19-15-16-21-18-12-14-20-17-18/h18H,2-17H2,1H3/t18-/m1/s1. The van der Waals surface area contributed by atoms with Crippen LogP contribution in [0.25, 0.3) is 0 Å². The zero-order valence-corrected chi connectivity index (χ0v) is 14.1. The number of ether oxygens (including phenoxy) is 3. The SMILES string of the molecule is CCCCCCCCCCCCOCCO[C@@H]1CCOC1. The van der Waals surface area contributed by atoms with E-state index in [1.54, 1.807) is 0 Å². The van der Waals surface area contributed by atoms with Crippen molar-refractivity contribution in [2.75, 3.05) is 33.0 Å². The molecular formula is C18H36O3. The van der Waals surface area contributed by atoms with Crippen molar-refractivity contribution in [2.45, 2.75) is 83.7 Å². The third-order valence-electron chi connectivity index (χ3n) is 4.11. The van der Waals surface area contributed by atoms with E-state index in [0.29, 0.717) is 12.7 Å². The van der Waals surface area contributed by atoms with Crippen LogP contribution in [0.15, 0.2) is 0 Å².